The molecule has 0 amide bonds. The van der Waals surface area contributed by atoms with E-state index in [0.29, 0.717) is 0 Å². The number of thiocarbonyl (C=S) groups is 1. The molecule has 1 aromatic rings. The zero-order chi connectivity index (χ0) is 12.0. The van der Waals surface area contributed by atoms with Crippen molar-refractivity contribution in [1.29, 1.82) is 0 Å². The molecule has 86 valence electrons. The number of nitrogens with zero attached hydrogens (tertiary/aromatic N) is 1. The fourth-order valence-corrected chi connectivity index (χ4v) is 1.16. The van der Waals surface area contributed by atoms with Crippen LogP contribution in [0.15, 0.2) is 29.4 Å². The van der Waals surface area contributed by atoms with E-state index in [4.69, 9.17) is 10.5 Å². The summed E-state index contributed by atoms with van der Waals surface area (Å²) >= 11 is 4.62. The summed E-state index contributed by atoms with van der Waals surface area (Å²) in [5.41, 5.74) is 8.64. The third kappa shape index (κ3) is 4.75. The van der Waals surface area contributed by atoms with Crippen molar-refractivity contribution in [3.8, 4) is 5.75 Å². The van der Waals surface area contributed by atoms with E-state index in [0.717, 1.165) is 11.3 Å². The highest BCUT2D eigenvalue weighted by molar-refractivity contribution is 7.80. The molecule has 0 bridgehead atoms. The highest BCUT2D eigenvalue weighted by Crippen LogP contribution is 2.13. The molecule has 0 aromatic heterocycles. The Kier molecular flexibility index (Phi) is 4.72. The lowest BCUT2D eigenvalue weighted by Gasteiger charge is -2.09. The highest BCUT2D eigenvalue weighted by Gasteiger charge is 1.97. The van der Waals surface area contributed by atoms with Gasteiger partial charge in [-0.1, -0.05) is 12.1 Å². The van der Waals surface area contributed by atoms with E-state index in [9.17, 15) is 0 Å². The quantitative estimate of drug-likeness (QED) is 0.475. The predicted molar refractivity (Wildman–Crippen MR) is 69.7 cm³/mol. The summed E-state index contributed by atoms with van der Waals surface area (Å²) < 4.78 is 5.55. The smallest absolute Gasteiger partial charge is 0.184 e. The molecule has 0 saturated heterocycles. The molecule has 0 aliphatic carbocycles. The Morgan fingerprint density at radius 2 is 2.31 bits per heavy atom. The molecule has 0 unspecified atom stereocenters. The Hall–Kier alpha value is -1.62. The van der Waals surface area contributed by atoms with Gasteiger partial charge < -0.3 is 10.5 Å². The number of nitrogens with two attached hydrogens (primary N) is 1. The van der Waals surface area contributed by atoms with Crippen molar-refractivity contribution in [3.05, 3.63) is 29.8 Å². The van der Waals surface area contributed by atoms with Gasteiger partial charge in [0.05, 0.1) is 12.3 Å². The van der Waals surface area contributed by atoms with Crippen LogP contribution in [0.2, 0.25) is 0 Å². The van der Waals surface area contributed by atoms with Crippen molar-refractivity contribution >= 4 is 23.5 Å². The molecule has 1 aromatic carbocycles. The Labute approximate surface area is 100 Å². The van der Waals surface area contributed by atoms with E-state index in [1.165, 1.54) is 0 Å². The minimum absolute atomic E-state index is 0.144. The molecule has 0 saturated carbocycles. The van der Waals surface area contributed by atoms with Crippen LogP contribution in [0, 0.1) is 0 Å². The second kappa shape index (κ2) is 6.07. The SMILES string of the molecule is CC(C)Oc1cccc(/C=N\NC(N)=S)c1. The monoisotopic (exact) mass is 237 g/mol. The fraction of sp³-hybridized carbons (Fsp3) is 0.273. The standard InChI is InChI=1S/C11H15N3OS/c1-8(2)15-10-5-3-4-9(6-10)7-13-14-11(12)16/h3-8H,1-2H3,(H3,12,14,16)/b13-7-. The molecule has 0 fully saturated rings. The fourth-order valence-electron chi connectivity index (χ4n) is 1.11. The minimum atomic E-state index is 0.144. The Morgan fingerprint density at radius 1 is 1.56 bits per heavy atom. The molecule has 0 radical (unpaired) electrons. The van der Waals surface area contributed by atoms with Gasteiger partial charge in [0.15, 0.2) is 5.11 Å². The van der Waals surface area contributed by atoms with E-state index >= 15 is 0 Å². The topological polar surface area (TPSA) is 59.6 Å². The lowest BCUT2D eigenvalue weighted by Crippen LogP contribution is -2.23. The highest BCUT2D eigenvalue weighted by atomic mass is 32.1. The van der Waals surface area contributed by atoms with Crippen LogP contribution in [0.3, 0.4) is 0 Å². The largest absolute Gasteiger partial charge is 0.491 e. The van der Waals surface area contributed by atoms with Gasteiger partial charge in [-0.15, -0.1) is 0 Å². The first kappa shape index (κ1) is 12.4. The second-order valence-corrected chi connectivity index (χ2v) is 3.91. The second-order valence-electron chi connectivity index (χ2n) is 3.47. The van der Waals surface area contributed by atoms with Gasteiger partial charge >= 0.3 is 0 Å². The molecule has 0 heterocycles. The maximum Gasteiger partial charge on any atom is 0.184 e. The summed E-state index contributed by atoms with van der Waals surface area (Å²) in [5.74, 6) is 0.814. The Morgan fingerprint density at radius 3 is 2.94 bits per heavy atom. The lowest BCUT2D eigenvalue weighted by molar-refractivity contribution is 0.242. The first-order valence-corrected chi connectivity index (χ1v) is 5.34. The molecule has 4 nitrogen and oxygen atoms in total. The third-order valence-electron chi connectivity index (χ3n) is 1.62. The van der Waals surface area contributed by atoms with Crippen molar-refractivity contribution in [2.75, 3.05) is 0 Å². The van der Waals surface area contributed by atoms with Gasteiger partial charge in [-0.2, -0.15) is 5.10 Å². The molecular formula is C11H15N3OS. The summed E-state index contributed by atoms with van der Waals surface area (Å²) in [5, 5.41) is 4.01. The number of hydrogen-bond donors (Lipinski definition) is 2. The summed E-state index contributed by atoms with van der Waals surface area (Å²) in [6.45, 7) is 3.96. The maximum atomic E-state index is 5.55. The number of benzene rings is 1. The van der Waals surface area contributed by atoms with E-state index in [-0.39, 0.29) is 11.2 Å². The summed E-state index contributed by atoms with van der Waals surface area (Å²) in [7, 11) is 0. The normalized spacial score (nSPS) is 10.7. The average Bonchev–Trinajstić information content (AvgIpc) is 2.16. The molecule has 0 aliphatic rings. The molecule has 16 heavy (non-hydrogen) atoms. The summed E-state index contributed by atoms with van der Waals surface area (Å²) in [6.07, 6.45) is 1.79. The molecule has 0 aliphatic heterocycles. The zero-order valence-corrected chi connectivity index (χ0v) is 10.1. The van der Waals surface area contributed by atoms with E-state index in [2.05, 4.69) is 22.7 Å². The molecule has 3 N–H and O–H groups in total. The number of hydrogen-bond acceptors (Lipinski definition) is 3. The lowest BCUT2D eigenvalue weighted by atomic mass is 10.2. The van der Waals surface area contributed by atoms with Gasteiger partial charge in [-0.05, 0) is 43.8 Å². The van der Waals surface area contributed by atoms with E-state index in [1.54, 1.807) is 6.21 Å². The van der Waals surface area contributed by atoms with Crippen molar-refractivity contribution < 1.29 is 4.74 Å². The molecule has 0 spiro atoms. The molecular weight excluding hydrogens is 222 g/mol. The van der Waals surface area contributed by atoms with Gasteiger partial charge in [0.1, 0.15) is 5.75 Å². The van der Waals surface area contributed by atoms with Gasteiger partial charge in [0.2, 0.25) is 0 Å². The maximum absolute atomic E-state index is 5.55. The third-order valence-corrected chi connectivity index (χ3v) is 1.71. The van der Waals surface area contributed by atoms with Gasteiger partial charge in [-0.3, -0.25) is 5.43 Å². The Balaban J connectivity index is 2.67. The first-order valence-electron chi connectivity index (χ1n) is 4.93. The number of ether oxygens (including phenoxy) is 1. The van der Waals surface area contributed by atoms with Crippen molar-refractivity contribution in [3.63, 3.8) is 0 Å². The molecule has 5 heteroatoms. The predicted octanol–water partition coefficient (Wildman–Crippen LogP) is 1.64. The number of nitrogens with one attached hydrogen (secondary N) is 1. The zero-order valence-electron chi connectivity index (χ0n) is 9.31. The van der Waals surface area contributed by atoms with Crippen LogP contribution in [0.4, 0.5) is 0 Å². The van der Waals surface area contributed by atoms with Crippen LogP contribution < -0.4 is 15.9 Å². The number of rotatable bonds is 4. The van der Waals surface area contributed by atoms with Crippen molar-refractivity contribution in [1.82, 2.24) is 5.43 Å². The van der Waals surface area contributed by atoms with Crippen LogP contribution in [0.25, 0.3) is 0 Å². The molecule has 1 rings (SSSR count). The van der Waals surface area contributed by atoms with Crippen LogP contribution in [-0.2, 0) is 0 Å². The van der Waals surface area contributed by atoms with Crippen molar-refractivity contribution in [2.24, 2.45) is 10.8 Å². The molecule has 0 atom stereocenters. The van der Waals surface area contributed by atoms with Crippen LogP contribution in [0.5, 0.6) is 5.75 Å². The summed E-state index contributed by atoms with van der Waals surface area (Å²) in [4.78, 5) is 0. The van der Waals surface area contributed by atoms with Crippen LogP contribution >= 0.6 is 12.2 Å². The minimum Gasteiger partial charge on any atom is -0.491 e. The van der Waals surface area contributed by atoms with Crippen molar-refractivity contribution in [2.45, 2.75) is 20.0 Å². The summed E-state index contributed by atoms with van der Waals surface area (Å²) in [6, 6.07) is 7.61. The van der Waals surface area contributed by atoms with Gasteiger partial charge in [0.25, 0.3) is 0 Å². The number of hydrazone groups is 1. The average molecular weight is 237 g/mol. The van der Waals surface area contributed by atoms with E-state index in [1.807, 2.05) is 38.1 Å². The Bertz CT molecular complexity index is 391. The first-order chi connectivity index (χ1) is 7.58. The van der Waals surface area contributed by atoms with Gasteiger partial charge in [0, 0.05) is 0 Å². The van der Waals surface area contributed by atoms with E-state index < -0.39 is 0 Å². The van der Waals surface area contributed by atoms with Gasteiger partial charge in [-0.25, -0.2) is 0 Å². The van der Waals surface area contributed by atoms with Crippen LogP contribution in [-0.4, -0.2) is 17.4 Å². The van der Waals surface area contributed by atoms with Crippen LogP contribution in [0.1, 0.15) is 19.4 Å².